The SMILES string of the molecule is CN/C=C(\C=N)c1ccc(Cc2cc3c(c4ccccc24)OCNC3=O)cn1. The van der Waals surface area contributed by atoms with Crippen molar-refractivity contribution in [3.8, 4) is 5.75 Å². The normalized spacial score (nSPS) is 13.5. The summed E-state index contributed by atoms with van der Waals surface area (Å²) >= 11 is 0. The Balaban J connectivity index is 1.73. The van der Waals surface area contributed by atoms with E-state index in [-0.39, 0.29) is 12.6 Å². The summed E-state index contributed by atoms with van der Waals surface area (Å²) in [7, 11) is 1.79. The van der Waals surface area contributed by atoms with Crippen LogP contribution in [0.3, 0.4) is 0 Å². The van der Waals surface area contributed by atoms with Crippen LogP contribution in [0.2, 0.25) is 0 Å². The van der Waals surface area contributed by atoms with Crippen LogP contribution in [0.4, 0.5) is 0 Å². The van der Waals surface area contributed by atoms with E-state index in [1.54, 1.807) is 13.2 Å². The first kappa shape index (κ1) is 17.7. The average Bonchev–Trinajstić information content (AvgIpc) is 2.73. The fourth-order valence-electron chi connectivity index (χ4n) is 3.43. The Labute approximate surface area is 162 Å². The molecule has 28 heavy (non-hydrogen) atoms. The molecule has 0 spiro atoms. The number of hydrogen-bond donors (Lipinski definition) is 3. The van der Waals surface area contributed by atoms with Crippen molar-refractivity contribution in [3.05, 3.63) is 77.2 Å². The molecule has 0 unspecified atom stereocenters. The zero-order valence-corrected chi connectivity index (χ0v) is 15.5. The minimum Gasteiger partial charge on any atom is -0.472 e. The van der Waals surface area contributed by atoms with Crippen molar-refractivity contribution in [2.75, 3.05) is 13.8 Å². The fraction of sp³-hybridized carbons (Fsp3) is 0.136. The molecule has 1 amide bonds. The first-order chi connectivity index (χ1) is 13.7. The minimum absolute atomic E-state index is 0.116. The highest BCUT2D eigenvalue weighted by Crippen LogP contribution is 2.35. The van der Waals surface area contributed by atoms with E-state index in [2.05, 4.69) is 15.6 Å². The van der Waals surface area contributed by atoms with Gasteiger partial charge in [0, 0.05) is 36.6 Å². The van der Waals surface area contributed by atoms with Gasteiger partial charge in [-0.25, -0.2) is 0 Å². The molecule has 0 atom stereocenters. The predicted molar refractivity (Wildman–Crippen MR) is 110 cm³/mol. The molecule has 1 aromatic heterocycles. The lowest BCUT2D eigenvalue weighted by Gasteiger charge is -2.21. The number of ether oxygens (including phenoxy) is 1. The first-order valence-electron chi connectivity index (χ1n) is 9.00. The van der Waals surface area contributed by atoms with Crippen molar-refractivity contribution in [2.24, 2.45) is 0 Å². The first-order valence-corrected chi connectivity index (χ1v) is 9.00. The molecule has 0 fully saturated rings. The molecule has 0 bridgehead atoms. The summed E-state index contributed by atoms with van der Waals surface area (Å²) in [6.45, 7) is 0.191. The molecule has 6 nitrogen and oxygen atoms in total. The molecular weight excluding hydrogens is 352 g/mol. The second-order valence-electron chi connectivity index (χ2n) is 6.51. The number of benzene rings is 2. The van der Waals surface area contributed by atoms with E-state index in [0.29, 0.717) is 23.3 Å². The molecule has 0 aliphatic carbocycles. The number of hydrogen-bond acceptors (Lipinski definition) is 5. The Morgan fingerprint density at radius 1 is 1.29 bits per heavy atom. The molecule has 2 heterocycles. The molecular formula is C22H20N4O2. The van der Waals surface area contributed by atoms with E-state index in [0.717, 1.165) is 27.6 Å². The monoisotopic (exact) mass is 372 g/mol. The van der Waals surface area contributed by atoms with Crippen LogP contribution in [0.5, 0.6) is 5.75 Å². The van der Waals surface area contributed by atoms with Crippen molar-refractivity contribution in [2.45, 2.75) is 6.42 Å². The lowest BCUT2D eigenvalue weighted by molar-refractivity contribution is 0.0885. The Bertz CT molecular complexity index is 1090. The van der Waals surface area contributed by atoms with Gasteiger partial charge in [0.1, 0.15) is 5.75 Å². The summed E-state index contributed by atoms with van der Waals surface area (Å²) in [4.78, 5) is 16.8. The van der Waals surface area contributed by atoms with Crippen LogP contribution in [0, 0.1) is 5.41 Å². The summed E-state index contributed by atoms with van der Waals surface area (Å²) in [5.41, 5.74) is 4.08. The van der Waals surface area contributed by atoms with Crippen molar-refractivity contribution >= 4 is 28.5 Å². The maximum Gasteiger partial charge on any atom is 0.257 e. The number of nitrogens with one attached hydrogen (secondary N) is 3. The molecule has 140 valence electrons. The standard InChI is InChI=1S/C22H20N4O2/c1-24-12-16(10-23)20-7-6-14(11-25-20)8-15-9-19-21(28-13-26-22(19)27)18-5-3-2-4-17(15)18/h2-7,9-12,23-24H,8,13H2,1H3,(H,26,27)/b16-12+,23-10?. The number of carbonyl (C=O) groups excluding carboxylic acids is 1. The van der Waals surface area contributed by atoms with Gasteiger partial charge >= 0.3 is 0 Å². The van der Waals surface area contributed by atoms with Crippen LogP contribution < -0.4 is 15.4 Å². The van der Waals surface area contributed by atoms with Gasteiger partial charge < -0.3 is 20.8 Å². The third-order valence-electron chi connectivity index (χ3n) is 4.75. The molecule has 0 saturated heterocycles. The highest BCUT2D eigenvalue weighted by molar-refractivity contribution is 6.07. The third-order valence-corrected chi connectivity index (χ3v) is 4.75. The minimum atomic E-state index is -0.116. The van der Waals surface area contributed by atoms with Gasteiger partial charge in [0.25, 0.3) is 5.91 Å². The van der Waals surface area contributed by atoms with Gasteiger partial charge in [0.05, 0.1) is 11.3 Å². The van der Waals surface area contributed by atoms with Crippen LogP contribution in [0.1, 0.15) is 27.2 Å². The van der Waals surface area contributed by atoms with Crippen LogP contribution in [0.25, 0.3) is 16.3 Å². The van der Waals surface area contributed by atoms with E-state index in [9.17, 15) is 4.79 Å². The molecule has 2 aromatic carbocycles. The van der Waals surface area contributed by atoms with Crippen LogP contribution >= 0.6 is 0 Å². The van der Waals surface area contributed by atoms with Crippen molar-refractivity contribution < 1.29 is 9.53 Å². The molecule has 6 heteroatoms. The summed E-state index contributed by atoms with van der Waals surface area (Å²) in [5, 5.41) is 15.2. The smallest absolute Gasteiger partial charge is 0.257 e. The van der Waals surface area contributed by atoms with Gasteiger partial charge in [0.2, 0.25) is 0 Å². The van der Waals surface area contributed by atoms with E-state index in [1.807, 2.05) is 48.7 Å². The lowest BCUT2D eigenvalue weighted by atomic mass is 9.94. The van der Waals surface area contributed by atoms with Gasteiger partial charge in [-0.15, -0.1) is 0 Å². The van der Waals surface area contributed by atoms with Crippen LogP contribution in [-0.2, 0) is 6.42 Å². The van der Waals surface area contributed by atoms with Gasteiger partial charge in [-0.3, -0.25) is 9.78 Å². The van der Waals surface area contributed by atoms with E-state index < -0.39 is 0 Å². The summed E-state index contributed by atoms with van der Waals surface area (Å²) in [5.74, 6) is 0.527. The summed E-state index contributed by atoms with van der Waals surface area (Å²) in [6.07, 6.45) is 5.47. The largest absolute Gasteiger partial charge is 0.472 e. The highest BCUT2D eigenvalue weighted by atomic mass is 16.5. The molecule has 0 saturated carbocycles. The molecule has 4 rings (SSSR count). The molecule has 3 N–H and O–H groups in total. The molecule has 1 aliphatic rings. The third kappa shape index (κ3) is 3.20. The van der Waals surface area contributed by atoms with Gasteiger partial charge in [0.15, 0.2) is 6.73 Å². The van der Waals surface area contributed by atoms with Crippen LogP contribution in [0.15, 0.2) is 54.9 Å². The Kier molecular flexibility index (Phi) is 4.76. The zero-order chi connectivity index (χ0) is 19.5. The lowest BCUT2D eigenvalue weighted by Crippen LogP contribution is -2.33. The zero-order valence-electron chi connectivity index (χ0n) is 15.5. The van der Waals surface area contributed by atoms with Gasteiger partial charge in [-0.2, -0.15) is 0 Å². The number of nitrogens with zero attached hydrogens (tertiary/aromatic N) is 1. The molecule has 0 radical (unpaired) electrons. The average molecular weight is 372 g/mol. The van der Waals surface area contributed by atoms with E-state index >= 15 is 0 Å². The Morgan fingerprint density at radius 2 is 2.11 bits per heavy atom. The molecule has 3 aromatic rings. The maximum atomic E-state index is 12.3. The maximum absolute atomic E-state index is 12.3. The second-order valence-corrected chi connectivity index (χ2v) is 6.51. The number of carbonyl (C=O) groups is 1. The quantitative estimate of drug-likeness (QED) is 0.601. The van der Waals surface area contributed by atoms with E-state index in [1.165, 1.54) is 6.21 Å². The van der Waals surface area contributed by atoms with Gasteiger partial charge in [-0.1, -0.05) is 30.3 Å². The number of amides is 1. The second kappa shape index (κ2) is 7.52. The number of fused-ring (bicyclic) bond motifs is 3. The Morgan fingerprint density at radius 3 is 2.82 bits per heavy atom. The van der Waals surface area contributed by atoms with Crippen molar-refractivity contribution in [1.29, 1.82) is 5.41 Å². The summed E-state index contributed by atoms with van der Waals surface area (Å²) in [6, 6.07) is 13.8. The fourth-order valence-corrected chi connectivity index (χ4v) is 3.43. The summed E-state index contributed by atoms with van der Waals surface area (Å²) < 4.78 is 5.71. The molecule has 1 aliphatic heterocycles. The van der Waals surface area contributed by atoms with E-state index in [4.69, 9.17) is 10.1 Å². The van der Waals surface area contributed by atoms with Crippen molar-refractivity contribution in [1.82, 2.24) is 15.6 Å². The van der Waals surface area contributed by atoms with Crippen LogP contribution in [-0.4, -0.2) is 30.9 Å². The number of pyridine rings is 1. The number of allylic oxidation sites excluding steroid dienone is 1. The number of aromatic nitrogens is 1. The van der Waals surface area contributed by atoms with Gasteiger partial charge in [-0.05, 0) is 35.1 Å². The highest BCUT2D eigenvalue weighted by Gasteiger charge is 2.22. The van der Waals surface area contributed by atoms with Crippen molar-refractivity contribution in [3.63, 3.8) is 0 Å². The predicted octanol–water partition coefficient (Wildman–Crippen LogP) is 3.12. The topological polar surface area (TPSA) is 87.1 Å². The Hall–Kier alpha value is -3.67. The number of rotatable bonds is 5.